The van der Waals surface area contributed by atoms with Gasteiger partial charge in [0.05, 0.1) is 5.52 Å². The molecule has 24 heavy (non-hydrogen) atoms. The molecule has 1 N–H and O–H groups in total. The zero-order chi connectivity index (χ0) is 17.2. The van der Waals surface area contributed by atoms with Gasteiger partial charge < -0.3 is 10.1 Å². The molecule has 0 radical (unpaired) electrons. The molecule has 128 valence electrons. The number of hydrogen-bond acceptors (Lipinski definition) is 3. The first-order valence-corrected chi connectivity index (χ1v) is 9.05. The first-order valence-electron chi connectivity index (χ1n) is 8.26. The maximum atomic E-state index is 14.8. The van der Waals surface area contributed by atoms with Crippen molar-refractivity contribution in [2.45, 2.75) is 57.7 Å². The van der Waals surface area contributed by atoms with Gasteiger partial charge in [0.15, 0.2) is 0 Å². The Morgan fingerprint density at radius 2 is 2.12 bits per heavy atom. The first-order chi connectivity index (χ1) is 11.2. The number of aromatic nitrogens is 1. The fraction of sp³-hybridized carbons (Fsp3) is 0.500. The van der Waals surface area contributed by atoms with Crippen LogP contribution in [0.5, 0.6) is 0 Å². The van der Waals surface area contributed by atoms with Gasteiger partial charge in [-0.15, -0.1) is 0 Å². The highest BCUT2D eigenvalue weighted by atomic mass is 79.9. The predicted octanol–water partition coefficient (Wildman–Crippen LogP) is 4.68. The van der Waals surface area contributed by atoms with Crippen LogP contribution in [0.3, 0.4) is 0 Å². The van der Waals surface area contributed by atoms with Crippen LogP contribution in [0.2, 0.25) is 0 Å². The van der Waals surface area contributed by atoms with Crippen LogP contribution in [-0.2, 0) is 11.2 Å². The Morgan fingerprint density at radius 1 is 1.38 bits per heavy atom. The Labute approximate surface area is 148 Å². The molecule has 2 aliphatic rings. The number of carbonyl (C=O) groups excluding carboxylic acids is 1. The Hall–Kier alpha value is -1.40. The topological polar surface area (TPSA) is 43.3 Å². The Kier molecular flexibility index (Phi) is 3.55. The van der Waals surface area contributed by atoms with Crippen LogP contribution in [-0.4, -0.2) is 22.3 Å². The summed E-state index contributed by atoms with van der Waals surface area (Å²) in [5.41, 5.74) is 1.64. The fourth-order valence-electron chi connectivity index (χ4n) is 3.95. The van der Waals surface area contributed by atoms with E-state index in [1.807, 2.05) is 26.8 Å². The van der Waals surface area contributed by atoms with E-state index in [1.54, 1.807) is 0 Å². The molecule has 0 saturated carbocycles. The molecule has 2 unspecified atom stereocenters. The van der Waals surface area contributed by atoms with E-state index in [2.05, 4.69) is 21.2 Å². The quantitative estimate of drug-likeness (QED) is 0.705. The highest BCUT2D eigenvalue weighted by Gasteiger charge is 2.39. The van der Waals surface area contributed by atoms with Crippen LogP contribution in [0.15, 0.2) is 16.6 Å². The molecule has 2 atom stereocenters. The van der Waals surface area contributed by atoms with Gasteiger partial charge in [0.25, 0.3) is 0 Å². The Morgan fingerprint density at radius 3 is 2.83 bits per heavy atom. The maximum absolute atomic E-state index is 14.8. The molecule has 1 saturated heterocycles. The monoisotopic (exact) mass is 394 g/mol. The van der Waals surface area contributed by atoms with Crippen LogP contribution in [0.1, 0.15) is 50.9 Å². The van der Waals surface area contributed by atoms with Crippen molar-refractivity contribution in [3.63, 3.8) is 0 Å². The summed E-state index contributed by atoms with van der Waals surface area (Å²) in [6.07, 6.45) is 2.30. The molecule has 3 heterocycles. The maximum Gasteiger partial charge on any atom is 0.419 e. The SMILES string of the molecule is CC(C)(C)OC(=O)n1c2c(c3cc(Br)cc(F)c31)C1CCC(C2)N1. The lowest BCUT2D eigenvalue weighted by Gasteiger charge is -2.25. The number of halogens is 2. The van der Waals surface area contributed by atoms with E-state index >= 15 is 0 Å². The molecule has 2 aromatic rings. The second kappa shape index (κ2) is 5.30. The van der Waals surface area contributed by atoms with E-state index in [0.717, 1.165) is 35.9 Å². The summed E-state index contributed by atoms with van der Waals surface area (Å²) in [5.74, 6) is -0.407. The smallest absolute Gasteiger partial charge is 0.419 e. The van der Waals surface area contributed by atoms with Gasteiger partial charge in [-0.1, -0.05) is 15.9 Å². The zero-order valence-corrected chi connectivity index (χ0v) is 15.5. The lowest BCUT2D eigenvalue weighted by Crippen LogP contribution is -2.34. The third-order valence-corrected chi connectivity index (χ3v) is 5.19. The summed E-state index contributed by atoms with van der Waals surface area (Å²) in [5, 5.41) is 4.37. The summed E-state index contributed by atoms with van der Waals surface area (Å²) in [6.45, 7) is 5.46. The van der Waals surface area contributed by atoms with Crippen LogP contribution in [0, 0.1) is 5.82 Å². The molecule has 2 aliphatic heterocycles. The summed E-state index contributed by atoms with van der Waals surface area (Å²) < 4.78 is 22.4. The van der Waals surface area contributed by atoms with Gasteiger partial charge in [-0.05, 0) is 51.3 Å². The van der Waals surface area contributed by atoms with Gasteiger partial charge in [-0.2, -0.15) is 0 Å². The van der Waals surface area contributed by atoms with Crippen LogP contribution >= 0.6 is 15.9 Å². The zero-order valence-electron chi connectivity index (χ0n) is 14.0. The van der Waals surface area contributed by atoms with Gasteiger partial charge in [0, 0.05) is 34.1 Å². The third-order valence-electron chi connectivity index (χ3n) is 4.73. The Bertz CT molecular complexity index is 853. The lowest BCUT2D eigenvalue weighted by molar-refractivity contribution is 0.0538. The van der Waals surface area contributed by atoms with Crippen molar-refractivity contribution in [2.75, 3.05) is 0 Å². The predicted molar refractivity (Wildman–Crippen MR) is 93.8 cm³/mol. The molecular weight excluding hydrogens is 375 g/mol. The molecule has 2 bridgehead atoms. The summed E-state index contributed by atoms with van der Waals surface area (Å²) in [4.78, 5) is 12.8. The highest BCUT2D eigenvalue weighted by Crippen LogP contribution is 2.43. The summed E-state index contributed by atoms with van der Waals surface area (Å²) in [7, 11) is 0. The minimum Gasteiger partial charge on any atom is -0.443 e. The molecule has 0 spiro atoms. The van der Waals surface area contributed by atoms with Gasteiger partial charge in [0.2, 0.25) is 0 Å². The summed E-state index contributed by atoms with van der Waals surface area (Å²) in [6, 6.07) is 3.83. The normalized spacial score (nSPS) is 22.7. The fourth-order valence-corrected chi connectivity index (χ4v) is 4.38. The van der Waals surface area contributed by atoms with Crippen LogP contribution in [0.25, 0.3) is 10.9 Å². The van der Waals surface area contributed by atoms with Gasteiger partial charge in [0.1, 0.15) is 11.4 Å². The Balaban J connectivity index is 1.99. The average molecular weight is 395 g/mol. The largest absolute Gasteiger partial charge is 0.443 e. The van der Waals surface area contributed by atoms with Crippen LogP contribution < -0.4 is 5.32 Å². The lowest BCUT2D eigenvalue weighted by atomic mass is 9.99. The molecule has 4 nitrogen and oxygen atoms in total. The number of nitrogens with zero attached hydrogens (tertiary/aromatic N) is 1. The number of ether oxygens (including phenoxy) is 1. The van der Waals surface area contributed by atoms with Crippen molar-refractivity contribution in [3.05, 3.63) is 33.7 Å². The van der Waals surface area contributed by atoms with E-state index < -0.39 is 17.5 Å². The van der Waals surface area contributed by atoms with E-state index in [9.17, 15) is 9.18 Å². The molecule has 1 aromatic heterocycles. The molecule has 4 rings (SSSR count). The molecule has 0 aliphatic carbocycles. The third kappa shape index (κ3) is 2.47. The average Bonchev–Trinajstić information content (AvgIpc) is 2.96. The van der Waals surface area contributed by atoms with Gasteiger partial charge >= 0.3 is 6.09 Å². The number of nitrogens with one attached hydrogen (secondary N) is 1. The highest BCUT2D eigenvalue weighted by molar-refractivity contribution is 9.10. The van der Waals surface area contributed by atoms with E-state index in [0.29, 0.717) is 16.0 Å². The van der Waals surface area contributed by atoms with Gasteiger partial charge in [-0.3, -0.25) is 0 Å². The van der Waals surface area contributed by atoms with Crippen molar-refractivity contribution in [1.82, 2.24) is 9.88 Å². The molecule has 6 heteroatoms. The van der Waals surface area contributed by atoms with Crippen LogP contribution in [0.4, 0.5) is 9.18 Å². The van der Waals surface area contributed by atoms with Crippen molar-refractivity contribution in [3.8, 4) is 0 Å². The standard InChI is InChI=1S/C18H20BrFN2O2/c1-18(2,3)24-17(23)22-14-8-10-4-5-13(21-10)15(14)11-6-9(19)7-12(20)16(11)22/h6-7,10,13,21H,4-5,8H2,1-3H3. The van der Waals surface area contributed by atoms with Crippen molar-refractivity contribution in [2.24, 2.45) is 0 Å². The van der Waals surface area contributed by atoms with Gasteiger partial charge in [-0.25, -0.2) is 13.8 Å². The van der Waals surface area contributed by atoms with E-state index in [1.165, 1.54) is 10.6 Å². The van der Waals surface area contributed by atoms with E-state index in [-0.39, 0.29) is 6.04 Å². The second-order valence-electron chi connectivity index (χ2n) is 7.66. The number of hydrogen-bond donors (Lipinski definition) is 1. The minimum absolute atomic E-state index is 0.179. The summed E-state index contributed by atoms with van der Waals surface area (Å²) >= 11 is 3.37. The molecule has 0 amide bonds. The van der Waals surface area contributed by atoms with Crippen molar-refractivity contribution >= 4 is 32.9 Å². The first kappa shape index (κ1) is 16.1. The minimum atomic E-state index is -0.627. The van der Waals surface area contributed by atoms with E-state index in [4.69, 9.17) is 4.74 Å². The number of carbonyl (C=O) groups is 1. The molecule has 1 fully saturated rings. The second-order valence-corrected chi connectivity index (χ2v) is 8.57. The molecule has 1 aromatic carbocycles. The number of fused-ring (bicyclic) bond motifs is 6. The molecular formula is C18H20BrFN2O2. The van der Waals surface area contributed by atoms with Crippen molar-refractivity contribution < 1.29 is 13.9 Å². The number of rotatable bonds is 0. The van der Waals surface area contributed by atoms with Crippen molar-refractivity contribution in [1.29, 1.82) is 0 Å². The number of benzene rings is 1.